The first-order valence-electron chi connectivity index (χ1n) is 8.81. The third kappa shape index (κ3) is 4.22. The standard InChI is InChI=1S/C17H31N3O2/c1-3-7-15(21)19-13-8-6-11-20(12-13)16(22)14-9-4-5-10-17(14,2)18/h13-14H,3-12,18H2,1-2H3,(H,19,21). The Hall–Kier alpha value is -1.10. The molecular formula is C17H31N3O2. The van der Waals surface area contributed by atoms with Crippen molar-refractivity contribution in [3.05, 3.63) is 0 Å². The average molecular weight is 309 g/mol. The summed E-state index contributed by atoms with van der Waals surface area (Å²) in [6, 6.07) is 0.101. The van der Waals surface area contributed by atoms with Crippen LogP contribution in [0.25, 0.3) is 0 Å². The van der Waals surface area contributed by atoms with Crippen molar-refractivity contribution < 1.29 is 9.59 Å². The number of amides is 2. The third-order valence-electron chi connectivity index (χ3n) is 5.13. The number of likely N-dealkylation sites (tertiary alicyclic amines) is 1. The molecule has 1 aliphatic heterocycles. The maximum absolute atomic E-state index is 12.9. The Morgan fingerprint density at radius 3 is 2.73 bits per heavy atom. The molecule has 0 aromatic carbocycles. The van der Waals surface area contributed by atoms with Crippen molar-refractivity contribution in [2.24, 2.45) is 11.7 Å². The number of rotatable bonds is 4. The van der Waals surface area contributed by atoms with E-state index < -0.39 is 0 Å². The predicted molar refractivity (Wildman–Crippen MR) is 87.2 cm³/mol. The van der Waals surface area contributed by atoms with Gasteiger partial charge in [-0.05, 0) is 39.0 Å². The fourth-order valence-corrected chi connectivity index (χ4v) is 3.81. The Balaban J connectivity index is 1.93. The highest BCUT2D eigenvalue weighted by Gasteiger charge is 2.40. The quantitative estimate of drug-likeness (QED) is 0.831. The fraction of sp³-hybridized carbons (Fsp3) is 0.882. The minimum Gasteiger partial charge on any atom is -0.352 e. The van der Waals surface area contributed by atoms with E-state index >= 15 is 0 Å². The summed E-state index contributed by atoms with van der Waals surface area (Å²) in [6.45, 7) is 5.45. The van der Waals surface area contributed by atoms with Crippen LogP contribution in [0.2, 0.25) is 0 Å². The van der Waals surface area contributed by atoms with E-state index in [9.17, 15) is 9.59 Å². The van der Waals surface area contributed by atoms with E-state index in [1.807, 2.05) is 18.7 Å². The Morgan fingerprint density at radius 1 is 1.27 bits per heavy atom. The van der Waals surface area contributed by atoms with Crippen LogP contribution in [0.15, 0.2) is 0 Å². The number of carbonyl (C=O) groups is 2. The molecule has 2 fully saturated rings. The van der Waals surface area contributed by atoms with Crippen LogP contribution in [0.3, 0.4) is 0 Å². The predicted octanol–water partition coefficient (Wildman–Crippen LogP) is 1.80. The molecule has 3 atom stereocenters. The minimum atomic E-state index is -0.381. The largest absolute Gasteiger partial charge is 0.352 e. The fourth-order valence-electron chi connectivity index (χ4n) is 3.81. The van der Waals surface area contributed by atoms with Crippen molar-refractivity contribution >= 4 is 11.8 Å². The molecule has 0 radical (unpaired) electrons. The molecular weight excluding hydrogens is 278 g/mol. The summed E-state index contributed by atoms with van der Waals surface area (Å²) in [6.07, 6.45) is 7.37. The van der Waals surface area contributed by atoms with Gasteiger partial charge in [0.2, 0.25) is 11.8 Å². The van der Waals surface area contributed by atoms with Crippen LogP contribution >= 0.6 is 0 Å². The molecule has 3 N–H and O–H groups in total. The van der Waals surface area contributed by atoms with Crippen molar-refractivity contribution in [2.45, 2.75) is 76.8 Å². The minimum absolute atomic E-state index is 0.0636. The van der Waals surface area contributed by atoms with E-state index in [-0.39, 0.29) is 29.3 Å². The van der Waals surface area contributed by atoms with Gasteiger partial charge in [0.15, 0.2) is 0 Å². The molecule has 2 rings (SSSR count). The summed E-state index contributed by atoms with van der Waals surface area (Å²) < 4.78 is 0. The van der Waals surface area contributed by atoms with Gasteiger partial charge in [-0.15, -0.1) is 0 Å². The molecule has 5 nitrogen and oxygen atoms in total. The van der Waals surface area contributed by atoms with Crippen LogP contribution in [0, 0.1) is 5.92 Å². The van der Waals surface area contributed by atoms with Crippen LogP contribution < -0.4 is 11.1 Å². The van der Waals surface area contributed by atoms with Gasteiger partial charge in [-0.1, -0.05) is 19.8 Å². The summed E-state index contributed by atoms with van der Waals surface area (Å²) in [5.41, 5.74) is 5.99. The summed E-state index contributed by atoms with van der Waals surface area (Å²) in [7, 11) is 0. The molecule has 22 heavy (non-hydrogen) atoms. The SMILES string of the molecule is CCCC(=O)NC1CCCN(C(=O)C2CCCCC2(C)N)C1. The van der Waals surface area contributed by atoms with Crippen molar-refractivity contribution in [2.75, 3.05) is 13.1 Å². The molecule has 0 bridgehead atoms. The lowest BCUT2D eigenvalue weighted by molar-refractivity contribution is -0.141. The third-order valence-corrected chi connectivity index (χ3v) is 5.13. The van der Waals surface area contributed by atoms with Crippen LogP contribution in [-0.4, -0.2) is 41.4 Å². The molecule has 126 valence electrons. The van der Waals surface area contributed by atoms with Gasteiger partial charge in [0.25, 0.3) is 0 Å². The first kappa shape index (κ1) is 17.3. The maximum atomic E-state index is 12.9. The van der Waals surface area contributed by atoms with E-state index in [4.69, 9.17) is 5.73 Å². The molecule has 0 spiro atoms. The van der Waals surface area contributed by atoms with Gasteiger partial charge in [-0.25, -0.2) is 0 Å². The molecule has 0 aromatic rings. The van der Waals surface area contributed by atoms with Gasteiger partial charge >= 0.3 is 0 Å². The topological polar surface area (TPSA) is 75.4 Å². The van der Waals surface area contributed by atoms with Gasteiger partial charge in [0.1, 0.15) is 0 Å². The number of nitrogens with zero attached hydrogens (tertiary/aromatic N) is 1. The average Bonchev–Trinajstić information content (AvgIpc) is 2.46. The number of piperidine rings is 1. The van der Waals surface area contributed by atoms with Crippen molar-refractivity contribution in [1.82, 2.24) is 10.2 Å². The molecule has 2 aliphatic rings. The number of hydrogen-bond donors (Lipinski definition) is 2. The normalized spacial score (nSPS) is 32.6. The summed E-state index contributed by atoms with van der Waals surface area (Å²) >= 11 is 0. The zero-order valence-electron chi connectivity index (χ0n) is 14.1. The second-order valence-electron chi connectivity index (χ2n) is 7.25. The van der Waals surface area contributed by atoms with Crippen LogP contribution in [0.5, 0.6) is 0 Å². The first-order chi connectivity index (χ1) is 10.4. The zero-order valence-corrected chi connectivity index (χ0v) is 14.1. The molecule has 0 aromatic heterocycles. The molecule has 2 amide bonds. The Kier molecular flexibility index (Phi) is 5.84. The lowest BCUT2D eigenvalue weighted by atomic mass is 9.74. The van der Waals surface area contributed by atoms with Gasteiger partial charge in [0, 0.05) is 31.1 Å². The number of hydrogen-bond acceptors (Lipinski definition) is 3. The van der Waals surface area contributed by atoms with Crippen LogP contribution in [0.4, 0.5) is 0 Å². The first-order valence-corrected chi connectivity index (χ1v) is 8.81. The monoisotopic (exact) mass is 309 g/mol. The Morgan fingerprint density at radius 2 is 2.05 bits per heavy atom. The smallest absolute Gasteiger partial charge is 0.227 e. The Labute approximate surface area is 134 Å². The number of nitrogens with two attached hydrogens (primary N) is 1. The molecule has 5 heteroatoms. The Bertz CT molecular complexity index is 409. The van der Waals surface area contributed by atoms with Crippen molar-refractivity contribution in [1.29, 1.82) is 0 Å². The van der Waals surface area contributed by atoms with Gasteiger partial charge < -0.3 is 16.0 Å². The summed E-state index contributed by atoms with van der Waals surface area (Å²) in [4.78, 5) is 26.5. The molecule has 1 saturated heterocycles. The van der Waals surface area contributed by atoms with E-state index in [1.54, 1.807) is 0 Å². The molecule has 3 unspecified atom stereocenters. The van der Waals surface area contributed by atoms with E-state index in [0.717, 1.165) is 51.5 Å². The second-order valence-corrected chi connectivity index (χ2v) is 7.25. The summed E-state index contributed by atoms with van der Waals surface area (Å²) in [5.74, 6) is 0.230. The lowest BCUT2D eigenvalue weighted by Crippen LogP contribution is -2.57. The van der Waals surface area contributed by atoms with E-state index in [2.05, 4.69) is 5.32 Å². The molecule has 1 saturated carbocycles. The zero-order chi connectivity index (χ0) is 16.2. The highest BCUT2D eigenvalue weighted by molar-refractivity contribution is 5.81. The van der Waals surface area contributed by atoms with Crippen LogP contribution in [0.1, 0.15) is 65.2 Å². The lowest BCUT2D eigenvalue weighted by Gasteiger charge is -2.42. The maximum Gasteiger partial charge on any atom is 0.227 e. The number of nitrogens with one attached hydrogen (secondary N) is 1. The van der Waals surface area contributed by atoms with Gasteiger partial charge in [0.05, 0.1) is 5.92 Å². The van der Waals surface area contributed by atoms with E-state index in [0.29, 0.717) is 13.0 Å². The van der Waals surface area contributed by atoms with Gasteiger partial charge in [-0.3, -0.25) is 9.59 Å². The molecule has 1 heterocycles. The highest BCUT2D eigenvalue weighted by Crippen LogP contribution is 2.33. The number of carbonyl (C=O) groups excluding carboxylic acids is 2. The second kappa shape index (κ2) is 7.44. The van der Waals surface area contributed by atoms with Crippen LogP contribution in [-0.2, 0) is 9.59 Å². The summed E-state index contributed by atoms with van der Waals surface area (Å²) in [5, 5.41) is 3.06. The van der Waals surface area contributed by atoms with Gasteiger partial charge in [-0.2, -0.15) is 0 Å². The highest BCUT2D eigenvalue weighted by atomic mass is 16.2. The van der Waals surface area contributed by atoms with Crippen molar-refractivity contribution in [3.63, 3.8) is 0 Å². The van der Waals surface area contributed by atoms with Crippen molar-refractivity contribution in [3.8, 4) is 0 Å². The van der Waals surface area contributed by atoms with E-state index in [1.165, 1.54) is 0 Å². The molecule has 1 aliphatic carbocycles.